The molecule has 1 aliphatic heterocycles. The largest absolute Gasteiger partial charge is 0.492 e. The van der Waals surface area contributed by atoms with E-state index in [1.165, 1.54) is 11.3 Å². The number of fused-ring (bicyclic) bond motifs is 1. The number of benzene rings is 2. The molecule has 0 saturated carbocycles. The molecule has 1 fully saturated rings. The summed E-state index contributed by atoms with van der Waals surface area (Å²) in [5, 5.41) is 7.22. The number of aromatic nitrogens is 3. The maximum Gasteiger partial charge on any atom is 0.274 e. The van der Waals surface area contributed by atoms with Gasteiger partial charge in [-0.1, -0.05) is 53.8 Å². The molecule has 2 N–H and O–H groups in total. The van der Waals surface area contributed by atoms with Crippen LogP contribution in [-0.4, -0.2) is 65.1 Å². The van der Waals surface area contributed by atoms with Crippen LogP contribution in [0.3, 0.4) is 0 Å². The Kier molecular flexibility index (Phi) is 7.53. The quantitative estimate of drug-likeness (QED) is 0.290. The third kappa shape index (κ3) is 5.96. The van der Waals surface area contributed by atoms with Gasteiger partial charge in [0.25, 0.3) is 5.91 Å². The summed E-state index contributed by atoms with van der Waals surface area (Å²) in [6.07, 6.45) is 1.76. The number of hydrogen-bond donors (Lipinski definition) is 2. The zero-order valence-electron chi connectivity index (χ0n) is 21.3. The summed E-state index contributed by atoms with van der Waals surface area (Å²) in [4.78, 5) is 30.6. The van der Waals surface area contributed by atoms with Crippen molar-refractivity contribution < 1.29 is 9.53 Å². The first-order chi connectivity index (χ1) is 19.2. The molecule has 1 amide bonds. The van der Waals surface area contributed by atoms with E-state index >= 15 is 0 Å². The van der Waals surface area contributed by atoms with E-state index in [4.69, 9.17) is 14.7 Å². The van der Waals surface area contributed by atoms with Crippen molar-refractivity contribution in [1.29, 1.82) is 0 Å². The van der Waals surface area contributed by atoms with Crippen LogP contribution in [0.2, 0.25) is 0 Å². The zero-order chi connectivity index (χ0) is 26.4. The fourth-order valence-corrected chi connectivity index (χ4v) is 5.49. The van der Waals surface area contributed by atoms with Gasteiger partial charge in [0.15, 0.2) is 0 Å². The molecule has 4 heterocycles. The summed E-state index contributed by atoms with van der Waals surface area (Å²) in [6, 6.07) is 24.9. The fraction of sp³-hybridized carbons (Fsp3) is 0.200. The Balaban J connectivity index is 1.26. The number of pyridine rings is 2. The molecule has 39 heavy (non-hydrogen) atoms. The number of nitrogens with one attached hydrogen (secondary N) is 2. The molecular formula is C30H28N6O2S. The normalized spacial score (nSPS) is 13.8. The third-order valence-corrected chi connectivity index (χ3v) is 7.57. The van der Waals surface area contributed by atoms with Crippen LogP contribution in [0.4, 0.5) is 5.69 Å². The molecule has 0 atom stereocenters. The van der Waals surface area contributed by atoms with Crippen LogP contribution in [0, 0.1) is 0 Å². The molecule has 3 aromatic heterocycles. The van der Waals surface area contributed by atoms with Gasteiger partial charge in [-0.3, -0.25) is 9.69 Å². The number of anilines is 1. The van der Waals surface area contributed by atoms with Crippen molar-refractivity contribution in [3.63, 3.8) is 0 Å². The van der Waals surface area contributed by atoms with Gasteiger partial charge < -0.3 is 15.4 Å². The van der Waals surface area contributed by atoms with E-state index in [1.807, 2.05) is 72.8 Å². The SMILES string of the molecule is O=C(Nc1ccccc1-c1nc2cccnc2s1)c1cc(OCCN2CCNCC2)cc(-c2ccccc2)n1. The number of hydrogen-bond acceptors (Lipinski definition) is 8. The highest BCUT2D eigenvalue weighted by molar-refractivity contribution is 7.21. The first-order valence-corrected chi connectivity index (χ1v) is 13.8. The Morgan fingerprint density at radius 3 is 2.64 bits per heavy atom. The fourth-order valence-electron chi connectivity index (χ4n) is 4.54. The minimum Gasteiger partial charge on any atom is -0.492 e. The highest BCUT2D eigenvalue weighted by Gasteiger charge is 2.17. The summed E-state index contributed by atoms with van der Waals surface area (Å²) in [5.41, 5.74) is 4.22. The Bertz CT molecular complexity index is 1550. The minimum atomic E-state index is -0.313. The second kappa shape index (κ2) is 11.7. The first-order valence-electron chi connectivity index (χ1n) is 13.0. The molecule has 0 unspecified atom stereocenters. The molecule has 2 aromatic carbocycles. The van der Waals surface area contributed by atoms with Crippen LogP contribution in [0.25, 0.3) is 32.2 Å². The maximum atomic E-state index is 13.6. The Morgan fingerprint density at radius 1 is 0.974 bits per heavy atom. The number of para-hydroxylation sites is 1. The number of nitrogens with zero attached hydrogens (tertiary/aromatic N) is 4. The molecule has 0 bridgehead atoms. The Hall–Kier alpha value is -4.18. The van der Waals surface area contributed by atoms with E-state index in [1.54, 1.807) is 12.3 Å². The smallest absolute Gasteiger partial charge is 0.274 e. The van der Waals surface area contributed by atoms with Crippen LogP contribution in [0.15, 0.2) is 85.1 Å². The predicted molar refractivity (Wildman–Crippen MR) is 155 cm³/mol. The lowest BCUT2D eigenvalue weighted by Gasteiger charge is -2.26. The molecule has 9 heteroatoms. The number of ether oxygens (including phenoxy) is 1. The molecule has 196 valence electrons. The van der Waals surface area contributed by atoms with Gasteiger partial charge in [0.1, 0.15) is 33.4 Å². The van der Waals surface area contributed by atoms with Gasteiger partial charge in [-0.15, -0.1) is 0 Å². The van der Waals surface area contributed by atoms with Crippen LogP contribution in [-0.2, 0) is 0 Å². The van der Waals surface area contributed by atoms with E-state index in [9.17, 15) is 4.79 Å². The van der Waals surface area contributed by atoms with Crippen LogP contribution in [0.5, 0.6) is 5.75 Å². The third-order valence-electron chi connectivity index (χ3n) is 6.56. The lowest BCUT2D eigenvalue weighted by Crippen LogP contribution is -2.44. The zero-order valence-corrected chi connectivity index (χ0v) is 22.2. The van der Waals surface area contributed by atoms with Gasteiger partial charge in [-0.05, 0) is 24.3 Å². The lowest BCUT2D eigenvalue weighted by atomic mass is 10.1. The number of thiazole rings is 1. The highest BCUT2D eigenvalue weighted by atomic mass is 32.1. The molecule has 5 aromatic rings. The number of amides is 1. The van der Waals surface area contributed by atoms with E-state index in [2.05, 4.69) is 20.5 Å². The molecule has 1 saturated heterocycles. The molecule has 0 aliphatic carbocycles. The van der Waals surface area contributed by atoms with Gasteiger partial charge in [0.2, 0.25) is 0 Å². The summed E-state index contributed by atoms with van der Waals surface area (Å²) < 4.78 is 6.14. The molecule has 0 spiro atoms. The van der Waals surface area contributed by atoms with Crippen molar-refractivity contribution in [2.45, 2.75) is 0 Å². The monoisotopic (exact) mass is 536 g/mol. The van der Waals surface area contributed by atoms with Gasteiger partial charge in [-0.2, -0.15) is 0 Å². The van der Waals surface area contributed by atoms with Gasteiger partial charge in [0.05, 0.1) is 11.4 Å². The van der Waals surface area contributed by atoms with E-state index in [0.29, 0.717) is 23.7 Å². The van der Waals surface area contributed by atoms with Crippen molar-refractivity contribution in [3.8, 4) is 27.6 Å². The molecular weight excluding hydrogens is 508 g/mol. The van der Waals surface area contributed by atoms with Gasteiger partial charge >= 0.3 is 0 Å². The molecule has 6 rings (SSSR count). The lowest BCUT2D eigenvalue weighted by molar-refractivity contribution is 0.102. The second-order valence-electron chi connectivity index (χ2n) is 9.23. The Labute approximate surface area is 230 Å². The number of carbonyl (C=O) groups is 1. The summed E-state index contributed by atoms with van der Waals surface area (Å²) in [5.74, 6) is 0.307. The maximum absolute atomic E-state index is 13.6. The van der Waals surface area contributed by atoms with E-state index in [0.717, 1.165) is 59.2 Å². The summed E-state index contributed by atoms with van der Waals surface area (Å²) in [6.45, 7) is 5.36. The Morgan fingerprint density at radius 2 is 1.79 bits per heavy atom. The predicted octanol–water partition coefficient (Wildman–Crippen LogP) is 4.96. The van der Waals surface area contributed by atoms with Crippen molar-refractivity contribution in [3.05, 3.63) is 90.8 Å². The minimum absolute atomic E-state index is 0.286. The standard InChI is InChI=1S/C30H28N6O2S/c37-28(34-24-10-5-4-9-23(24)29-35-25-11-6-12-32-30(25)39-29)27-20-22(38-18-17-36-15-13-31-14-16-36)19-26(33-27)21-7-2-1-3-8-21/h1-12,19-20,31H,13-18H2,(H,34,37). The first kappa shape index (κ1) is 25.1. The van der Waals surface area contributed by atoms with Crippen molar-refractivity contribution in [1.82, 2.24) is 25.2 Å². The van der Waals surface area contributed by atoms with Gasteiger partial charge in [0, 0.05) is 62.2 Å². The number of carbonyl (C=O) groups excluding carboxylic acids is 1. The number of rotatable bonds is 8. The van der Waals surface area contributed by atoms with Crippen LogP contribution >= 0.6 is 11.3 Å². The molecule has 8 nitrogen and oxygen atoms in total. The van der Waals surface area contributed by atoms with Crippen LogP contribution < -0.4 is 15.4 Å². The average molecular weight is 537 g/mol. The van der Waals surface area contributed by atoms with Crippen molar-refractivity contribution >= 4 is 33.3 Å². The van der Waals surface area contributed by atoms with E-state index < -0.39 is 0 Å². The van der Waals surface area contributed by atoms with Crippen molar-refractivity contribution in [2.24, 2.45) is 0 Å². The summed E-state index contributed by atoms with van der Waals surface area (Å²) >= 11 is 1.49. The second-order valence-corrected chi connectivity index (χ2v) is 10.2. The number of piperazine rings is 1. The van der Waals surface area contributed by atoms with E-state index in [-0.39, 0.29) is 11.6 Å². The topological polar surface area (TPSA) is 92.3 Å². The van der Waals surface area contributed by atoms with Crippen LogP contribution in [0.1, 0.15) is 10.5 Å². The summed E-state index contributed by atoms with van der Waals surface area (Å²) in [7, 11) is 0. The average Bonchev–Trinajstić information content (AvgIpc) is 3.43. The molecule has 1 aliphatic rings. The highest BCUT2D eigenvalue weighted by Crippen LogP contribution is 2.34. The van der Waals surface area contributed by atoms with Crippen molar-refractivity contribution in [2.75, 3.05) is 44.6 Å². The molecule has 0 radical (unpaired) electrons. The van der Waals surface area contributed by atoms with Gasteiger partial charge in [-0.25, -0.2) is 15.0 Å².